The predicted molar refractivity (Wildman–Crippen MR) is 145 cm³/mol. The number of unbranched alkanes of at least 4 members (excludes halogenated alkanes) is 3. The lowest BCUT2D eigenvalue weighted by Gasteiger charge is -2.40. The number of amides is 4. The Bertz CT molecular complexity index is 592. The third-order valence-electron chi connectivity index (χ3n) is 9.04. The lowest BCUT2D eigenvalue weighted by molar-refractivity contribution is 0.0905. The van der Waals surface area contributed by atoms with Crippen molar-refractivity contribution in [3.05, 3.63) is 0 Å². The molecule has 0 unspecified atom stereocenters. The molecule has 4 fully saturated rings. The van der Waals surface area contributed by atoms with E-state index in [4.69, 9.17) is 0 Å². The van der Waals surface area contributed by atoms with Gasteiger partial charge >= 0.3 is 12.1 Å². The van der Waals surface area contributed by atoms with Crippen LogP contribution in [-0.4, -0.2) is 109 Å². The Labute approximate surface area is 219 Å². The molecular weight excluding hydrogens is 452 g/mol. The molecule has 2 saturated heterocycles. The third-order valence-corrected chi connectivity index (χ3v) is 9.04. The van der Waals surface area contributed by atoms with Gasteiger partial charge in [-0.15, -0.1) is 0 Å². The molecular formula is C28H52N6O2. The highest BCUT2D eigenvalue weighted by Gasteiger charge is 2.28. The first-order valence-corrected chi connectivity index (χ1v) is 15.2. The Morgan fingerprint density at radius 1 is 0.500 bits per heavy atom. The van der Waals surface area contributed by atoms with Crippen molar-refractivity contribution in [1.82, 2.24) is 30.2 Å². The van der Waals surface area contributed by atoms with Gasteiger partial charge in [0.1, 0.15) is 0 Å². The van der Waals surface area contributed by atoms with Crippen molar-refractivity contribution < 1.29 is 9.59 Å². The summed E-state index contributed by atoms with van der Waals surface area (Å²) in [6, 6.07) is 1.72. The van der Waals surface area contributed by atoms with Crippen molar-refractivity contribution in [2.75, 3.05) is 65.4 Å². The van der Waals surface area contributed by atoms with E-state index in [9.17, 15) is 9.59 Å². The summed E-state index contributed by atoms with van der Waals surface area (Å²) >= 11 is 0. The smallest absolute Gasteiger partial charge is 0.317 e. The molecule has 206 valence electrons. The summed E-state index contributed by atoms with van der Waals surface area (Å²) in [6.07, 6.45) is 17.8. The molecule has 2 heterocycles. The molecule has 0 aromatic rings. The van der Waals surface area contributed by atoms with Gasteiger partial charge in [-0.3, -0.25) is 9.80 Å². The molecule has 36 heavy (non-hydrogen) atoms. The third kappa shape index (κ3) is 8.51. The minimum absolute atomic E-state index is 0.106. The van der Waals surface area contributed by atoms with Crippen LogP contribution in [0.25, 0.3) is 0 Å². The second-order valence-corrected chi connectivity index (χ2v) is 11.5. The predicted octanol–water partition coefficient (Wildman–Crippen LogP) is 3.87. The number of carbonyl (C=O) groups is 2. The molecule has 4 aliphatic rings. The topological polar surface area (TPSA) is 71.2 Å². The van der Waals surface area contributed by atoms with E-state index in [1.54, 1.807) is 0 Å². The minimum atomic E-state index is 0.106. The van der Waals surface area contributed by atoms with Crippen LogP contribution < -0.4 is 10.6 Å². The lowest BCUT2D eigenvalue weighted by Crippen LogP contribution is -2.54. The zero-order chi connectivity index (χ0) is 25.0. The van der Waals surface area contributed by atoms with Gasteiger partial charge in [-0.05, 0) is 38.5 Å². The van der Waals surface area contributed by atoms with Crippen LogP contribution in [0.3, 0.4) is 0 Å². The van der Waals surface area contributed by atoms with Crippen molar-refractivity contribution in [3.63, 3.8) is 0 Å². The maximum absolute atomic E-state index is 12.5. The van der Waals surface area contributed by atoms with Gasteiger partial charge in [0, 0.05) is 77.5 Å². The van der Waals surface area contributed by atoms with Crippen molar-refractivity contribution in [3.8, 4) is 0 Å². The molecule has 4 amide bonds. The van der Waals surface area contributed by atoms with E-state index < -0.39 is 0 Å². The number of rotatable bonds is 9. The van der Waals surface area contributed by atoms with Crippen LogP contribution in [-0.2, 0) is 0 Å². The van der Waals surface area contributed by atoms with Crippen LogP contribution in [0.1, 0.15) is 89.9 Å². The van der Waals surface area contributed by atoms with Crippen LogP contribution in [0, 0.1) is 0 Å². The first-order chi connectivity index (χ1) is 17.7. The molecule has 8 nitrogen and oxygen atoms in total. The van der Waals surface area contributed by atoms with Crippen LogP contribution >= 0.6 is 0 Å². The van der Waals surface area contributed by atoms with E-state index in [0.717, 1.165) is 103 Å². The number of carbonyl (C=O) groups excluding carboxylic acids is 2. The van der Waals surface area contributed by atoms with Gasteiger partial charge < -0.3 is 20.4 Å². The van der Waals surface area contributed by atoms with Gasteiger partial charge in [0.2, 0.25) is 0 Å². The van der Waals surface area contributed by atoms with Crippen LogP contribution in [0.15, 0.2) is 0 Å². The van der Waals surface area contributed by atoms with Crippen LogP contribution in [0.2, 0.25) is 0 Å². The van der Waals surface area contributed by atoms with E-state index in [1.165, 1.54) is 64.2 Å². The Balaban J connectivity index is 0.964. The standard InChI is InChI=1S/C28H52N6O2/c35-27(33-21-17-31(18-22-33)25-11-5-3-6-12-25)29-15-9-1-2-10-16-30-28(36)34-23-19-32(20-24-34)26-13-7-4-8-14-26/h25-26H,1-24H2,(H,29,35)(H,30,36). The molecule has 2 aliphatic heterocycles. The van der Waals surface area contributed by atoms with E-state index in [1.807, 2.05) is 9.80 Å². The van der Waals surface area contributed by atoms with Crippen molar-refractivity contribution in [1.29, 1.82) is 0 Å². The zero-order valence-corrected chi connectivity index (χ0v) is 22.7. The van der Waals surface area contributed by atoms with E-state index in [2.05, 4.69) is 20.4 Å². The highest BCUT2D eigenvalue weighted by atomic mass is 16.2. The second-order valence-electron chi connectivity index (χ2n) is 11.5. The summed E-state index contributed by atoms with van der Waals surface area (Å²) in [5, 5.41) is 6.23. The first kappa shape index (κ1) is 27.5. The fourth-order valence-electron chi connectivity index (χ4n) is 6.69. The Morgan fingerprint density at radius 3 is 1.22 bits per heavy atom. The maximum Gasteiger partial charge on any atom is 0.317 e. The van der Waals surface area contributed by atoms with Gasteiger partial charge in [0.05, 0.1) is 0 Å². The first-order valence-electron chi connectivity index (χ1n) is 15.2. The lowest BCUT2D eigenvalue weighted by atomic mass is 9.94. The highest BCUT2D eigenvalue weighted by Crippen LogP contribution is 2.24. The summed E-state index contributed by atoms with van der Waals surface area (Å²) in [7, 11) is 0. The van der Waals surface area contributed by atoms with Gasteiger partial charge in [0.15, 0.2) is 0 Å². The normalized spacial score (nSPS) is 23.6. The van der Waals surface area contributed by atoms with Gasteiger partial charge in [0.25, 0.3) is 0 Å². The minimum Gasteiger partial charge on any atom is -0.338 e. The fraction of sp³-hybridized carbons (Fsp3) is 0.929. The van der Waals surface area contributed by atoms with Gasteiger partial charge in [-0.2, -0.15) is 0 Å². The summed E-state index contributed by atoms with van der Waals surface area (Å²) < 4.78 is 0. The molecule has 0 aromatic heterocycles. The summed E-state index contributed by atoms with van der Waals surface area (Å²) in [5.74, 6) is 0. The quantitative estimate of drug-likeness (QED) is 0.468. The average Bonchev–Trinajstić information content (AvgIpc) is 2.95. The summed E-state index contributed by atoms with van der Waals surface area (Å²) in [4.78, 5) is 34.2. The largest absolute Gasteiger partial charge is 0.338 e. The second kappa shape index (κ2) is 15.0. The fourth-order valence-corrected chi connectivity index (χ4v) is 6.69. The Hall–Kier alpha value is -1.54. The molecule has 0 radical (unpaired) electrons. The van der Waals surface area contributed by atoms with E-state index in [-0.39, 0.29) is 12.1 Å². The molecule has 2 aliphatic carbocycles. The molecule has 0 bridgehead atoms. The Kier molecular flexibility index (Phi) is 11.5. The number of urea groups is 2. The number of piperazine rings is 2. The number of nitrogens with one attached hydrogen (secondary N) is 2. The average molecular weight is 505 g/mol. The SMILES string of the molecule is O=C(NCCCCCCNC(=O)N1CCN(C2CCCCC2)CC1)N1CCN(C2CCCCC2)CC1. The van der Waals surface area contributed by atoms with Crippen LogP contribution in [0.5, 0.6) is 0 Å². The van der Waals surface area contributed by atoms with Crippen molar-refractivity contribution >= 4 is 12.1 Å². The van der Waals surface area contributed by atoms with Crippen LogP contribution in [0.4, 0.5) is 9.59 Å². The van der Waals surface area contributed by atoms with Gasteiger partial charge in [-0.25, -0.2) is 9.59 Å². The monoisotopic (exact) mass is 504 g/mol. The molecule has 4 rings (SSSR count). The number of nitrogens with zero attached hydrogens (tertiary/aromatic N) is 4. The molecule has 0 atom stereocenters. The molecule has 2 saturated carbocycles. The summed E-state index contributed by atoms with van der Waals surface area (Å²) in [5.41, 5.74) is 0. The highest BCUT2D eigenvalue weighted by molar-refractivity contribution is 5.74. The molecule has 8 heteroatoms. The molecule has 2 N–H and O–H groups in total. The zero-order valence-electron chi connectivity index (χ0n) is 22.7. The number of hydrogen-bond acceptors (Lipinski definition) is 4. The Morgan fingerprint density at radius 2 is 0.861 bits per heavy atom. The van der Waals surface area contributed by atoms with Crippen molar-refractivity contribution in [2.45, 2.75) is 102 Å². The van der Waals surface area contributed by atoms with E-state index in [0.29, 0.717) is 0 Å². The number of hydrogen-bond donors (Lipinski definition) is 2. The van der Waals surface area contributed by atoms with E-state index >= 15 is 0 Å². The maximum atomic E-state index is 12.5. The van der Waals surface area contributed by atoms with Gasteiger partial charge in [-0.1, -0.05) is 51.4 Å². The van der Waals surface area contributed by atoms with Crippen molar-refractivity contribution in [2.24, 2.45) is 0 Å². The molecule has 0 aromatic carbocycles. The molecule has 0 spiro atoms. The summed E-state index contributed by atoms with van der Waals surface area (Å²) in [6.45, 7) is 9.04.